The van der Waals surface area contributed by atoms with Gasteiger partial charge in [0, 0.05) is 6.54 Å². The Hall–Kier alpha value is -1.56. The zero-order valence-electron chi connectivity index (χ0n) is 9.63. The second kappa shape index (κ2) is 6.24. The maximum absolute atomic E-state index is 11.8. The Morgan fingerprint density at radius 1 is 1.59 bits per heavy atom. The molecule has 1 aliphatic rings. The second-order valence-electron chi connectivity index (χ2n) is 4.04. The number of likely N-dealkylation sites (tertiary alicyclic amines) is 1. The third kappa shape index (κ3) is 3.45. The minimum Gasteiger partial charge on any atom is -0.480 e. The van der Waals surface area contributed by atoms with Crippen LogP contribution in [0.4, 0.5) is 4.79 Å². The molecule has 96 valence electrons. The molecule has 1 fully saturated rings. The molecule has 0 aliphatic carbocycles. The van der Waals surface area contributed by atoms with Gasteiger partial charge in [-0.2, -0.15) is 0 Å². The molecule has 6 heteroatoms. The molecule has 3 N–H and O–H groups in total. The lowest BCUT2D eigenvalue weighted by Crippen LogP contribution is -2.50. The Kier molecular flexibility index (Phi) is 4.96. The molecule has 0 aromatic heterocycles. The fraction of sp³-hybridized carbons (Fsp3) is 0.636. The standard InChI is InChI=1S/C11H18N2O4/c1-2-4-9(10(15)16)12-11(17)13-6-3-5-8(13)7-14/h2,8-9,14H,1,3-7H2,(H,12,17)(H,15,16). The van der Waals surface area contributed by atoms with E-state index in [-0.39, 0.29) is 19.1 Å². The molecule has 0 bridgehead atoms. The molecule has 0 spiro atoms. The van der Waals surface area contributed by atoms with E-state index >= 15 is 0 Å². The summed E-state index contributed by atoms with van der Waals surface area (Å²) in [7, 11) is 0. The summed E-state index contributed by atoms with van der Waals surface area (Å²) < 4.78 is 0. The van der Waals surface area contributed by atoms with Crippen molar-refractivity contribution >= 4 is 12.0 Å². The zero-order chi connectivity index (χ0) is 12.8. The predicted octanol–water partition coefficient (Wildman–Crippen LogP) is 0.182. The normalized spacial score (nSPS) is 21.0. The number of amides is 2. The fourth-order valence-electron chi connectivity index (χ4n) is 1.91. The highest BCUT2D eigenvalue weighted by Crippen LogP contribution is 2.16. The van der Waals surface area contributed by atoms with Crippen LogP contribution in [0.1, 0.15) is 19.3 Å². The van der Waals surface area contributed by atoms with Crippen LogP contribution in [0.5, 0.6) is 0 Å². The Morgan fingerprint density at radius 2 is 2.29 bits per heavy atom. The first-order valence-electron chi connectivity index (χ1n) is 5.61. The molecule has 0 radical (unpaired) electrons. The van der Waals surface area contributed by atoms with E-state index in [1.165, 1.54) is 11.0 Å². The SMILES string of the molecule is C=CCC(NC(=O)N1CCCC1CO)C(=O)O. The summed E-state index contributed by atoms with van der Waals surface area (Å²) in [6.07, 6.45) is 3.21. The number of rotatable bonds is 5. The largest absolute Gasteiger partial charge is 0.480 e. The molecular formula is C11H18N2O4. The lowest BCUT2D eigenvalue weighted by Gasteiger charge is -2.25. The van der Waals surface area contributed by atoms with Gasteiger partial charge in [-0.15, -0.1) is 6.58 Å². The van der Waals surface area contributed by atoms with Gasteiger partial charge in [0.25, 0.3) is 0 Å². The summed E-state index contributed by atoms with van der Waals surface area (Å²) in [6.45, 7) is 3.91. The van der Waals surface area contributed by atoms with E-state index in [0.717, 1.165) is 12.8 Å². The molecule has 2 atom stereocenters. The highest BCUT2D eigenvalue weighted by molar-refractivity contribution is 5.83. The summed E-state index contributed by atoms with van der Waals surface area (Å²) in [5.74, 6) is -1.09. The quantitative estimate of drug-likeness (QED) is 0.600. The maximum Gasteiger partial charge on any atom is 0.326 e. The molecular weight excluding hydrogens is 224 g/mol. The second-order valence-corrected chi connectivity index (χ2v) is 4.04. The van der Waals surface area contributed by atoms with E-state index in [9.17, 15) is 9.59 Å². The van der Waals surface area contributed by atoms with Crippen LogP contribution in [0.3, 0.4) is 0 Å². The van der Waals surface area contributed by atoms with Crippen molar-refractivity contribution in [3.05, 3.63) is 12.7 Å². The van der Waals surface area contributed by atoms with Gasteiger partial charge in [-0.3, -0.25) is 0 Å². The van der Waals surface area contributed by atoms with Crippen molar-refractivity contribution in [3.8, 4) is 0 Å². The summed E-state index contributed by atoms with van der Waals surface area (Å²) in [4.78, 5) is 24.2. The summed E-state index contributed by atoms with van der Waals surface area (Å²) in [5.41, 5.74) is 0. The van der Waals surface area contributed by atoms with Crippen molar-refractivity contribution < 1.29 is 19.8 Å². The van der Waals surface area contributed by atoms with Crippen molar-refractivity contribution in [3.63, 3.8) is 0 Å². The van der Waals surface area contributed by atoms with Crippen LogP contribution in [0, 0.1) is 0 Å². The van der Waals surface area contributed by atoms with Gasteiger partial charge in [0.15, 0.2) is 0 Å². The number of nitrogens with zero attached hydrogens (tertiary/aromatic N) is 1. The molecule has 6 nitrogen and oxygen atoms in total. The van der Waals surface area contributed by atoms with Crippen molar-refractivity contribution in [2.24, 2.45) is 0 Å². The molecule has 0 aromatic rings. The highest BCUT2D eigenvalue weighted by Gasteiger charge is 2.30. The number of aliphatic hydroxyl groups is 1. The van der Waals surface area contributed by atoms with Gasteiger partial charge >= 0.3 is 12.0 Å². The van der Waals surface area contributed by atoms with Crippen molar-refractivity contribution in [2.75, 3.05) is 13.2 Å². The first-order chi connectivity index (χ1) is 8.10. The number of urea groups is 1. The number of hydrogen-bond acceptors (Lipinski definition) is 3. The van der Waals surface area contributed by atoms with Gasteiger partial charge in [-0.05, 0) is 19.3 Å². The molecule has 0 aromatic carbocycles. The van der Waals surface area contributed by atoms with Crippen LogP contribution in [0.2, 0.25) is 0 Å². The number of carbonyl (C=O) groups excluding carboxylic acids is 1. The number of nitrogens with one attached hydrogen (secondary N) is 1. The Labute approximate surface area is 99.9 Å². The van der Waals surface area contributed by atoms with Gasteiger partial charge in [-0.25, -0.2) is 9.59 Å². The lowest BCUT2D eigenvalue weighted by atomic mass is 10.2. The minimum atomic E-state index is -1.09. The van der Waals surface area contributed by atoms with Crippen LogP contribution in [0.15, 0.2) is 12.7 Å². The van der Waals surface area contributed by atoms with E-state index in [0.29, 0.717) is 6.54 Å². The maximum atomic E-state index is 11.8. The Morgan fingerprint density at radius 3 is 2.82 bits per heavy atom. The summed E-state index contributed by atoms with van der Waals surface area (Å²) in [5, 5.41) is 20.4. The molecule has 0 saturated carbocycles. The van der Waals surface area contributed by atoms with Gasteiger partial charge in [0.1, 0.15) is 6.04 Å². The zero-order valence-corrected chi connectivity index (χ0v) is 9.63. The number of carboxylic acid groups (broad SMARTS) is 1. The topological polar surface area (TPSA) is 89.9 Å². The molecule has 1 heterocycles. The van der Waals surface area contributed by atoms with Gasteiger partial charge < -0.3 is 20.4 Å². The third-order valence-electron chi connectivity index (χ3n) is 2.85. The van der Waals surface area contributed by atoms with E-state index in [1.54, 1.807) is 0 Å². The molecule has 2 amide bonds. The van der Waals surface area contributed by atoms with E-state index < -0.39 is 18.0 Å². The monoisotopic (exact) mass is 242 g/mol. The van der Waals surface area contributed by atoms with E-state index in [2.05, 4.69) is 11.9 Å². The number of hydrogen-bond donors (Lipinski definition) is 3. The molecule has 1 saturated heterocycles. The fourth-order valence-corrected chi connectivity index (χ4v) is 1.91. The first-order valence-corrected chi connectivity index (χ1v) is 5.61. The average molecular weight is 242 g/mol. The van der Waals surface area contributed by atoms with Crippen LogP contribution in [-0.4, -0.2) is 52.3 Å². The van der Waals surface area contributed by atoms with Gasteiger partial charge in [0.05, 0.1) is 12.6 Å². The Balaban J connectivity index is 2.57. The van der Waals surface area contributed by atoms with Crippen molar-refractivity contribution in [1.82, 2.24) is 10.2 Å². The summed E-state index contributed by atoms with van der Waals surface area (Å²) in [6, 6.07) is -1.59. The molecule has 2 unspecified atom stereocenters. The predicted molar refractivity (Wildman–Crippen MR) is 61.6 cm³/mol. The number of aliphatic carboxylic acids is 1. The number of carboxylic acids is 1. The Bertz CT molecular complexity index is 306. The van der Waals surface area contributed by atoms with Crippen LogP contribution in [-0.2, 0) is 4.79 Å². The molecule has 1 rings (SSSR count). The molecule has 1 aliphatic heterocycles. The smallest absolute Gasteiger partial charge is 0.326 e. The van der Waals surface area contributed by atoms with Crippen molar-refractivity contribution in [2.45, 2.75) is 31.3 Å². The van der Waals surface area contributed by atoms with Crippen LogP contribution < -0.4 is 5.32 Å². The van der Waals surface area contributed by atoms with Gasteiger partial charge in [0.2, 0.25) is 0 Å². The number of carbonyl (C=O) groups is 2. The van der Waals surface area contributed by atoms with Crippen molar-refractivity contribution in [1.29, 1.82) is 0 Å². The van der Waals surface area contributed by atoms with E-state index in [1.807, 2.05) is 0 Å². The van der Waals surface area contributed by atoms with Crippen LogP contribution >= 0.6 is 0 Å². The minimum absolute atomic E-state index is 0.0907. The van der Waals surface area contributed by atoms with Gasteiger partial charge in [-0.1, -0.05) is 6.08 Å². The lowest BCUT2D eigenvalue weighted by molar-refractivity contribution is -0.139. The average Bonchev–Trinajstić information content (AvgIpc) is 2.76. The number of aliphatic hydroxyl groups excluding tert-OH is 1. The third-order valence-corrected chi connectivity index (χ3v) is 2.85. The van der Waals surface area contributed by atoms with Crippen LogP contribution in [0.25, 0.3) is 0 Å². The van der Waals surface area contributed by atoms with E-state index in [4.69, 9.17) is 10.2 Å². The first kappa shape index (κ1) is 13.5. The molecule has 17 heavy (non-hydrogen) atoms. The highest BCUT2D eigenvalue weighted by atomic mass is 16.4. The summed E-state index contributed by atoms with van der Waals surface area (Å²) >= 11 is 0.